The largest absolute Gasteiger partial charge is 0.300 e. The van der Waals surface area contributed by atoms with Gasteiger partial charge < -0.3 is 0 Å². The van der Waals surface area contributed by atoms with Gasteiger partial charge in [-0.05, 0) is 42.9 Å². The van der Waals surface area contributed by atoms with Crippen molar-refractivity contribution in [3.8, 4) is 0 Å². The first-order valence-corrected chi connectivity index (χ1v) is 5.39. The minimum atomic E-state index is 0.369. The smallest absolute Gasteiger partial charge is 0.133 e. The van der Waals surface area contributed by atoms with E-state index in [1.54, 1.807) is 6.92 Å². The van der Waals surface area contributed by atoms with Crippen molar-refractivity contribution in [3.05, 3.63) is 0 Å². The average molecular weight is 180 g/mol. The van der Waals surface area contributed by atoms with Crippen LogP contribution >= 0.6 is 0 Å². The lowest BCUT2D eigenvalue weighted by atomic mass is 9.71. The molecule has 0 radical (unpaired) electrons. The Hall–Kier alpha value is -0.330. The number of hydrogen-bond acceptors (Lipinski definition) is 1. The minimum Gasteiger partial charge on any atom is -0.300 e. The van der Waals surface area contributed by atoms with Gasteiger partial charge in [-0.3, -0.25) is 4.79 Å². The van der Waals surface area contributed by atoms with Crippen molar-refractivity contribution in [2.45, 2.75) is 47.0 Å². The zero-order valence-electron chi connectivity index (χ0n) is 9.18. The summed E-state index contributed by atoms with van der Waals surface area (Å²) in [5, 5.41) is 0. The van der Waals surface area contributed by atoms with E-state index in [0.29, 0.717) is 28.4 Å². The average Bonchev–Trinajstić information content (AvgIpc) is 2.34. The van der Waals surface area contributed by atoms with Crippen LogP contribution in [0.2, 0.25) is 0 Å². The molecule has 0 aromatic carbocycles. The second-order valence-corrected chi connectivity index (χ2v) is 5.85. The lowest BCUT2D eigenvalue weighted by molar-refractivity contribution is -0.122. The Bertz CT molecular complexity index is 251. The standard InChI is InChI=1S/C12H20O/c1-8(13)9-7-12(4)6-5-10(9)11(12,2)3/h9-10H,5-7H2,1-4H3. The molecule has 0 amide bonds. The van der Waals surface area contributed by atoms with Crippen molar-refractivity contribution in [1.82, 2.24) is 0 Å². The van der Waals surface area contributed by atoms with Crippen molar-refractivity contribution in [2.75, 3.05) is 0 Å². The number of carbonyl (C=O) groups excluding carboxylic acids is 1. The quantitative estimate of drug-likeness (QED) is 0.606. The molecule has 74 valence electrons. The second-order valence-electron chi connectivity index (χ2n) is 5.85. The van der Waals surface area contributed by atoms with Gasteiger partial charge in [0.1, 0.15) is 5.78 Å². The Balaban J connectivity index is 2.34. The summed E-state index contributed by atoms with van der Waals surface area (Å²) in [6.07, 6.45) is 3.74. The van der Waals surface area contributed by atoms with E-state index in [2.05, 4.69) is 20.8 Å². The molecule has 2 fully saturated rings. The Morgan fingerprint density at radius 2 is 1.92 bits per heavy atom. The highest BCUT2D eigenvalue weighted by Gasteiger charge is 2.61. The highest BCUT2D eigenvalue weighted by Crippen LogP contribution is 2.67. The van der Waals surface area contributed by atoms with E-state index in [1.165, 1.54) is 12.8 Å². The Labute approximate surface area is 80.9 Å². The van der Waals surface area contributed by atoms with Gasteiger partial charge in [0.15, 0.2) is 0 Å². The zero-order chi connectivity index (χ0) is 9.85. The van der Waals surface area contributed by atoms with Crippen LogP contribution in [0.1, 0.15) is 47.0 Å². The van der Waals surface area contributed by atoms with Crippen LogP contribution < -0.4 is 0 Å². The molecule has 0 aromatic rings. The second kappa shape index (κ2) is 2.37. The molecular weight excluding hydrogens is 160 g/mol. The highest BCUT2D eigenvalue weighted by atomic mass is 16.1. The van der Waals surface area contributed by atoms with E-state index in [4.69, 9.17) is 0 Å². The fourth-order valence-electron chi connectivity index (χ4n) is 3.73. The highest BCUT2D eigenvalue weighted by molar-refractivity contribution is 5.79. The van der Waals surface area contributed by atoms with Gasteiger partial charge in [0.25, 0.3) is 0 Å². The van der Waals surface area contributed by atoms with E-state index >= 15 is 0 Å². The van der Waals surface area contributed by atoms with Gasteiger partial charge in [0, 0.05) is 5.92 Å². The zero-order valence-corrected chi connectivity index (χ0v) is 9.18. The predicted molar refractivity (Wildman–Crippen MR) is 53.4 cm³/mol. The van der Waals surface area contributed by atoms with Gasteiger partial charge in [-0.25, -0.2) is 0 Å². The summed E-state index contributed by atoms with van der Waals surface area (Å²) in [6.45, 7) is 8.85. The molecular formula is C12H20O. The number of carbonyl (C=O) groups is 1. The van der Waals surface area contributed by atoms with Crippen molar-refractivity contribution in [2.24, 2.45) is 22.7 Å². The molecule has 2 aliphatic carbocycles. The minimum absolute atomic E-state index is 0.369. The molecule has 2 aliphatic rings. The fraction of sp³-hybridized carbons (Fsp3) is 0.917. The third kappa shape index (κ3) is 0.963. The van der Waals surface area contributed by atoms with Crippen LogP contribution in [0.25, 0.3) is 0 Å². The fourth-order valence-corrected chi connectivity index (χ4v) is 3.73. The normalized spacial score (nSPS) is 46.8. The Kier molecular flexibility index (Phi) is 1.68. The number of fused-ring (bicyclic) bond motifs is 2. The summed E-state index contributed by atoms with van der Waals surface area (Å²) < 4.78 is 0. The van der Waals surface area contributed by atoms with Gasteiger partial charge in [-0.2, -0.15) is 0 Å². The topological polar surface area (TPSA) is 17.1 Å². The Morgan fingerprint density at radius 3 is 2.15 bits per heavy atom. The van der Waals surface area contributed by atoms with E-state index in [-0.39, 0.29) is 0 Å². The lowest BCUT2D eigenvalue weighted by Crippen LogP contribution is -2.26. The van der Waals surface area contributed by atoms with E-state index in [1.807, 2.05) is 0 Å². The maximum atomic E-state index is 11.5. The third-order valence-corrected chi connectivity index (χ3v) is 5.17. The molecule has 0 aliphatic heterocycles. The molecule has 0 saturated heterocycles. The molecule has 0 spiro atoms. The first-order valence-electron chi connectivity index (χ1n) is 5.39. The van der Waals surface area contributed by atoms with Crippen molar-refractivity contribution in [3.63, 3.8) is 0 Å². The molecule has 3 atom stereocenters. The molecule has 3 unspecified atom stereocenters. The van der Waals surface area contributed by atoms with Crippen LogP contribution in [0, 0.1) is 22.7 Å². The lowest BCUT2D eigenvalue weighted by Gasteiger charge is -2.34. The van der Waals surface area contributed by atoms with E-state index < -0.39 is 0 Å². The van der Waals surface area contributed by atoms with Crippen LogP contribution in [0.5, 0.6) is 0 Å². The van der Waals surface area contributed by atoms with Gasteiger partial charge in [-0.1, -0.05) is 20.8 Å². The monoisotopic (exact) mass is 180 g/mol. The predicted octanol–water partition coefficient (Wildman–Crippen LogP) is 3.04. The SMILES string of the molecule is CC(=O)C1CC2(C)CCC1C2(C)C. The van der Waals surface area contributed by atoms with Gasteiger partial charge in [0.2, 0.25) is 0 Å². The summed E-state index contributed by atoms with van der Waals surface area (Å²) in [7, 11) is 0. The molecule has 0 N–H and O–H groups in total. The maximum absolute atomic E-state index is 11.5. The Morgan fingerprint density at radius 1 is 1.31 bits per heavy atom. The first kappa shape index (κ1) is 9.23. The number of hydrogen-bond donors (Lipinski definition) is 0. The van der Waals surface area contributed by atoms with E-state index in [0.717, 1.165) is 6.42 Å². The molecule has 2 saturated carbocycles. The van der Waals surface area contributed by atoms with Crippen LogP contribution in [0.15, 0.2) is 0 Å². The number of rotatable bonds is 1. The third-order valence-electron chi connectivity index (χ3n) is 5.17. The maximum Gasteiger partial charge on any atom is 0.133 e. The van der Waals surface area contributed by atoms with Crippen LogP contribution in [-0.2, 0) is 4.79 Å². The molecule has 13 heavy (non-hydrogen) atoms. The van der Waals surface area contributed by atoms with Gasteiger partial charge >= 0.3 is 0 Å². The van der Waals surface area contributed by atoms with Crippen molar-refractivity contribution >= 4 is 5.78 Å². The molecule has 2 rings (SSSR count). The van der Waals surface area contributed by atoms with Crippen molar-refractivity contribution in [1.29, 1.82) is 0 Å². The van der Waals surface area contributed by atoms with Crippen molar-refractivity contribution < 1.29 is 4.79 Å². The summed E-state index contributed by atoms with van der Waals surface area (Å²) in [5.41, 5.74) is 0.831. The van der Waals surface area contributed by atoms with Crippen LogP contribution in [0.3, 0.4) is 0 Å². The first-order chi connectivity index (χ1) is 5.88. The van der Waals surface area contributed by atoms with Crippen LogP contribution in [-0.4, -0.2) is 5.78 Å². The molecule has 2 bridgehead atoms. The van der Waals surface area contributed by atoms with E-state index in [9.17, 15) is 4.79 Å². The van der Waals surface area contributed by atoms with Gasteiger partial charge in [-0.15, -0.1) is 0 Å². The molecule has 0 aromatic heterocycles. The van der Waals surface area contributed by atoms with Crippen LogP contribution in [0.4, 0.5) is 0 Å². The molecule has 0 heterocycles. The summed E-state index contributed by atoms with van der Waals surface area (Å²) in [6, 6.07) is 0. The molecule has 1 nitrogen and oxygen atoms in total. The summed E-state index contributed by atoms with van der Waals surface area (Å²) in [4.78, 5) is 11.5. The van der Waals surface area contributed by atoms with Gasteiger partial charge in [0.05, 0.1) is 0 Å². The summed E-state index contributed by atoms with van der Waals surface area (Å²) >= 11 is 0. The summed E-state index contributed by atoms with van der Waals surface area (Å²) in [5.74, 6) is 1.45. The number of ketones is 1. The number of Topliss-reactive ketones (excluding diaryl/α,β-unsaturated/α-hetero) is 1. The molecule has 1 heteroatoms.